The highest BCUT2D eigenvalue weighted by Crippen LogP contribution is 2.22. The quantitative estimate of drug-likeness (QED) is 0.753. The number of amides is 1. The first kappa shape index (κ1) is 15.3. The zero-order valence-corrected chi connectivity index (χ0v) is 12.3. The lowest BCUT2D eigenvalue weighted by Gasteiger charge is -2.29. The Bertz CT molecular complexity index is 649. The SMILES string of the molecule is CC(CO)(NC(=O)c1cc(Cl)ncc1N)c1ccccc1. The Morgan fingerprint density at radius 2 is 2.10 bits per heavy atom. The topological polar surface area (TPSA) is 88.2 Å². The van der Waals surface area contributed by atoms with Gasteiger partial charge in [0.25, 0.3) is 5.91 Å². The average molecular weight is 306 g/mol. The first-order chi connectivity index (χ1) is 9.96. The largest absolute Gasteiger partial charge is 0.397 e. The number of rotatable bonds is 4. The van der Waals surface area contributed by atoms with Gasteiger partial charge in [-0.15, -0.1) is 0 Å². The molecular weight excluding hydrogens is 290 g/mol. The predicted octanol–water partition coefficient (Wildman–Crippen LogP) is 1.95. The Hall–Kier alpha value is -2.11. The summed E-state index contributed by atoms with van der Waals surface area (Å²) in [4.78, 5) is 16.2. The molecule has 0 aliphatic carbocycles. The first-order valence-electron chi connectivity index (χ1n) is 6.36. The van der Waals surface area contributed by atoms with Crippen LogP contribution < -0.4 is 11.1 Å². The summed E-state index contributed by atoms with van der Waals surface area (Å²) >= 11 is 5.79. The molecule has 1 unspecified atom stereocenters. The normalized spacial score (nSPS) is 13.5. The molecule has 4 N–H and O–H groups in total. The van der Waals surface area contributed by atoms with Crippen LogP contribution in [0, 0.1) is 0 Å². The highest BCUT2D eigenvalue weighted by Gasteiger charge is 2.28. The summed E-state index contributed by atoms with van der Waals surface area (Å²) in [5.41, 5.74) is 6.07. The summed E-state index contributed by atoms with van der Waals surface area (Å²) in [7, 11) is 0. The molecular formula is C15H16ClN3O2. The minimum atomic E-state index is -0.916. The van der Waals surface area contributed by atoms with E-state index in [4.69, 9.17) is 17.3 Å². The molecule has 1 atom stereocenters. The molecule has 1 aromatic carbocycles. The van der Waals surface area contributed by atoms with Gasteiger partial charge in [0.1, 0.15) is 5.15 Å². The lowest BCUT2D eigenvalue weighted by atomic mass is 9.92. The monoisotopic (exact) mass is 305 g/mol. The number of anilines is 1. The van der Waals surface area contributed by atoms with Crippen LogP contribution in [0.2, 0.25) is 5.15 Å². The number of hydrogen-bond donors (Lipinski definition) is 3. The lowest BCUT2D eigenvalue weighted by molar-refractivity contribution is 0.0850. The Morgan fingerprint density at radius 3 is 2.71 bits per heavy atom. The molecule has 2 rings (SSSR count). The molecule has 0 saturated heterocycles. The molecule has 0 aliphatic heterocycles. The molecule has 21 heavy (non-hydrogen) atoms. The molecule has 1 amide bonds. The van der Waals surface area contributed by atoms with Crippen molar-refractivity contribution in [2.45, 2.75) is 12.5 Å². The number of nitrogens with two attached hydrogens (primary N) is 1. The molecule has 0 fully saturated rings. The number of pyridine rings is 1. The van der Waals surface area contributed by atoms with Crippen molar-refractivity contribution in [1.82, 2.24) is 10.3 Å². The number of halogens is 1. The van der Waals surface area contributed by atoms with Crippen LogP contribution in [0.4, 0.5) is 5.69 Å². The number of nitrogens with one attached hydrogen (secondary N) is 1. The number of carbonyl (C=O) groups is 1. The van der Waals surface area contributed by atoms with Crippen LogP contribution in [-0.2, 0) is 5.54 Å². The third kappa shape index (κ3) is 3.32. The van der Waals surface area contributed by atoms with Crippen molar-refractivity contribution < 1.29 is 9.90 Å². The van der Waals surface area contributed by atoms with Crippen LogP contribution in [-0.4, -0.2) is 22.6 Å². The molecule has 6 heteroatoms. The van der Waals surface area contributed by atoms with E-state index in [2.05, 4.69) is 10.3 Å². The predicted molar refractivity (Wildman–Crippen MR) is 82.0 cm³/mol. The van der Waals surface area contributed by atoms with Crippen LogP contribution in [0.5, 0.6) is 0 Å². The summed E-state index contributed by atoms with van der Waals surface area (Å²) in [6.07, 6.45) is 1.33. The molecule has 0 spiro atoms. The number of aromatic nitrogens is 1. The van der Waals surface area contributed by atoms with Gasteiger partial charge in [-0.3, -0.25) is 4.79 Å². The van der Waals surface area contributed by atoms with Gasteiger partial charge in [0.05, 0.1) is 29.6 Å². The molecule has 5 nitrogen and oxygen atoms in total. The number of carbonyl (C=O) groups excluding carboxylic acids is 1. The van der Waals surface area contributed by atoms with Gasteiger partial charge >= 0.3 is 0 Å². The Kier molecular flexibility index (Phi) is 4.45. The molecule has 0 radical (unpaired) electrons. The minimum Gasteiger partial charge on any atom is -0.397 e. The zero-order chi connectivity index (χ0) is 15.5. The highest BCUT2D eigenvalue weighted by molar-refractivity contribution is 6.29. The van der Waals surface area contributed by atoms with Crippen molar-refractivity contribution in [2.24, 2.45) is 0 Å². The van der Waals surface area contributed by atoms with Gasteiger partial charge in [-0.1, -0.05) is 41.9 Å². The Labute approximate surface area is 127 Å². The van der Waals surface area contributed by atoms with Crippen LogP contribution >= 0.6 is 11.6 Å². The standard InChI is InChI=1S/C15H16ClN3O2/c1-15(9-20,10-5-3-2-4-6-10)19-14(21)11-7-13(16)18-8-12(11)17/h2-8,20H,9,17H2,1H3,(H,19,21). The van der Waals surface area contributed by atoms with Crippen LogP contribution in [0.25, 0.3) is 0 Å². The fourth-order valence-electron chi connectivity index (χ4n) is 1.96. The number of benzene rings is 1. The summed E-state index contributed by atoms with van der Waals surface area (Å²) < 4.78 is 0. The van der Waals surface area contributed by atoms with Gasteiger partial charge in [0, 0.05) is 0 Å². The molecule has 2 aromatic rings. The summed E-state index contributed by atoms with van der Waals surface area (Å²) in [5.74, 6) is -0.419. The van der Waals surface area contributed by atoms with Gasteiger partial charge in [-0.05, 0) is 18.6 Å². The van der Waals surface area contributed by atoms with Crippen LogP contribution in [0.1, 0.15) is 22.8 Å². The summed E-state index contributed by atoms with van der Waals surface area (Å²) in [5, 5.41) is 12.6. The maximum atomic E-state index is 12.4. The van der Waals surface area contributed by atoms with Crippen molar-refractivity contribution in [3.63, 3.8) is 0 Å². The van der Waals surface area contributed by atoms with E-state index in [1.807, 2.05) is 30.3 Å². The maximum Gasteiger partial charge on any atom is 0.254 e. The smallest absolute Gasteiger partial charge is 0.254 e. The van der Waals surface area contributed by atoms with Crippen molar-refractivity contribution in [1.29, 1.82) is 0 Å². The lowest BCUT2D eigenvalue weighted by Crippen LogP contribution is -2.46. The van der Waals surface area contributed by atoms with Gasteiger partial charge in [0.15, 0.2) is 0 Å². The van der Waals surface area contributed by atoms with E-state index in [9.17, 15) is 9.90 Å². The van der Waals surface area contributed by atoms with Gasteiger partial charge in [0.2, 0.25) is 0 Å². The second-order valence-corrected chi connectivity index (χ2v) is 5.29. The van der Waals surface area contributed by atoms with E-state index in [-0.39, 0.29) is 23.0 Å². The van der Waals surface area contributed by atoms with Gasteiger partial charge < -0.3 is 16.2 Å². The van der Waals surface area contributed by atoms with Gasteiger partial charge in [-0.2, -0.15) is 0 Å². The van der Waals surface area contributed by atoms with E-state index in [0.717, 1.165) is 5.56 Å². The fraction of sp³-hybridized carbons (Fsp3) is 0.200. The molecule has 1 aromatic heterocycles. The third-order valence-electron chi connectivity index (χ3n) is 3.26. The van der Waals surface area contributed by atoms with Crippen LogP contribution in [0.15, 0.2) is 42.6 Å². The fourth-order valence-corrected chi connectivity index (χ4v) is 2.12. The molecule has 0 saturated carbocycles. The van der Waals surface area contributed by atoms with Crippen molar-refractivity contribution >= 4 is 23.2 Å². The van der Waals surface area contributed by atoms with E-state index in [0.29, 0.717) is 0 Å². The minimum absolute atomic E-state index is 0.180. The average Bonchev–Trinajstić information content (AvgIpc) is 2.50. The zero-order valence-electron chi connectivity index (χ0n) is 11.5. The molecule has 0 aliphatic rings. The van der Waals surface area contributed by atoms with Crippen molar-refractivity contribution in [3.05, 3.63) is 58.9 Å². The van der Waals surface area contributed by atoms with Crippen molar-refractivity contribution in [3.8, 4) is 0 Å². The number of aliphatic hydroxyl groups excluding tert-OH is 1. The van der Waals surface area contributed by atoms with E-state index >= 15 is 0 Å². The molecule has 1 heterocycles. The highest BCUT2D eigenvalue weighted by atomic mass is 35.5. The van der Waals surface area contributed by atoms with Crippen LogP contribution in [0.3, 0.4) is 0 Å². The van der Waals surface area contributed by atoms with E-state index in [1.165, 1.54) is 12.3 Å². The molecule has 110 valence electrons. The number of nitrogen functional groups attached to an aromatic ring is 1. The van der Waals surface area contributed by atoms with E-state index < -0.39 is 11.4 Å². The number of nitrogens with zero attached hydrogens (tertiary/aromatic N) is 1. The Morgan fingerprint density at radius 1 is 1.43 bits per heavy atom. The second kappa shape index (κ2) is 6.11. The maximum absolute atomic E-state index is 12.4. The first-order valence-corrected chi connectivity index (χ1v) is 6.74. The number of aliphatic hydroxyl groups is 1. The molecule has 0 bridgehead atoms. The summed E-state index contributed by atoms with van der Waals surface area (Å²) in [6, 6.07) is 10.6. The van der Waals surface area contributed by atoms with Crippen molar-refractivity contribution in [2.75, 3.05) is 12.3 Å². The second-order valence-electron chi connectivity index (χ2n) is 4.90. The van der Waals surface area contributed by atoms with E-state index in [1.54, 1.807) is 6.92 Å². The van der Waals surface area contributed by atoms with Gasteiger partial charge in [-0.25, -0.2) is 4.98 Å². The third-order valence-corrected chi connectivity index (χ3v) is 3.47. The number of hydrogen-bond acceptors (Lipinski definition) is 4. The Balaban J connectivity index is 2.30. The summed E-state index contributed by atoms with van der Waals surface area (Å²) in [6.45, 7) is 1.49.